The first-order valence-electron chi connectivity index (χ1n) is 8.04. The van der Waals surface area contributed by atoms with Crippen molar-refractivity contribution in [1.29, 1.82) is 0 Å². The van der Waals surface area contributed by atoms with Gasteiger partial charge < -0.3 is 4.74 Å². The number of fused-ring (bicyclic) bond motifs is 1. The summed E-state index contributed by atoms with van der Waals surface area (Å²) >= 11 is 0. The van der Waals surface area contributed by atoms with Crippen molar-refractivity contribution in [3.63, 3.8) is 0 Å². The molecule has 0 bridgehead atoms. The zero-order valence-corrected chi connectivity index (χ0v) is 14.1. The number of ether oxygens (including phenoxy) is 1. The van der Waals surface area contributed by atoms with Crippen molar-refractivity contribution >= 4 is 10.8 Å². The monoisotopic (exact) mass is 376 g/mol. The lowest BCUT2D eigenvalue weighted by molar-refractivity contribution is -0.274. The Hall–Kier alpha value is -3.07. The van der Waals surface area contributed by atoms with Gasteiger partial charge in [0.15, 0.2) is 0 Å². The number of hydrogen-bond acceptors (Lipinski definition) is 1. The molecule has 27 heavy (non-hydrogen) atoms. The third kappa shape index (κ3) is 4.56. The molecule has 3 aromatic carbocycles. The van der Waals surface area contributed by atoms with Gasteiger partial charge in [0.05, 0.1) is 5.56 Å². The second-order valence-electron chi connectivity index (χ2n) is 5.81. The van der Waals surface area contributed by atoms with E-state index in [0.29, 0.717) is 28.3 Å². The summed E-state index contributed by atoms with van der Waals surface area (Å²) in [6, 6.07) is 11.1. The van der Waals surface area contributed by atoms with E-state index < -0.39 is 18.0 Å². The minimum absolute atomic E-state index is 0.318. The van der Waals surface area contributed by atoms with E-state index in [-0.39, 0.29) is 11.3 Å². The van der Waals surface area contributed by atoms with Gasteiger partial charge in [-0.05, 0) is 59.2 Å². The van der Waals surface area contributed by atoms with Crippen LogP contribution in [-0.2, 0) is 6.42 Å². The molecule has 0 aliphatic rings. The van der Waals surface area contributed by atoms with Gasteiger partial charge in [0.1, 0.15) is 17.4 Å². The highest BCUT2D eigenvalue weighted by Gasteiger charge is 2.31. The average Bonchev–Trinajstić information content (AvgIpc) is 2.59. The fourth-order valence-corrected chi connectivity index (χ4v) is 2.58. The van der Waals surface area contributed by atoms with Crippen molar-refractivity contribution < 1.29 is 26.7 Å². The van der Waals surface area contributed by atoms with Crippen LogP contribution in [0.4, 0.5) is 22.0 Å². The Morgan fingerprint density at radius 2 is 1.48 bits per heavy atom. The quantitative estimate of drug-likeness (QED) is 0.395. The maximum atomic E-state index is 14.0. The highest BCUT2D eigenvalue weighted by Crippen LogP contribution is 2.27. The van der Waals surface area contributed by atoms with Crippen molar-refractivity contribution in [1.82, 2.24) is 0 Å². The van der Waals surface area contributed by atoms with Gasteiger partial charge in [0, 0.05) is 5.56 Å². The summed E-state index contributed by atoms with van der Waals surface area (Å²) in [5.74, 6) is 3.39. The van der Waals surface area contributed by atoms with Gasteiger partial charge in [0.25, 0.3) is 0 Å². The van der Waals surface area contributed by atoms with E-state index in [0.717, 1.165) is 0 Å². The molecular formula is C21H13F5O. The molecule has 3 rings (SSSR count). The molecule has 0 spiro atoms. The Kier molecular flexibility index (Phi) is 5.04. The zero-order chi connectivity index (χ0) is 19.6. The standard InChI is InChI=1S/C21H13F5O/c1-2-13-10-19(22)18(20(23)11-13)8-4-14-3-5-16-12-17(27-21(24,25)26)7-6-15(16)9-14/h3,5-7,9-12H,2H2,1H3. The summed E-state index contributed by atoms with van der Waals surface area (Å²) in [4.78, 5) is 0. The van der Waals surface area contributed by atoms with E-state index in [1.54, 1.807) is 25.1 Å². The third-order valence-electron chi connectivity index (χ3n) is 3.89. The predicted molar refractivity (Wildman–Crippen MR) is 92.3 cm³/mol. The summed E-state index contributed by atoms with van der Waals surface area (Å²) in [5.41, 5.74) is 0.699. The number of alkyl halides is 3. The van der Waals surface area contributed by atoms with Gasteiger partial charge in [-0.25, -0.2) is 8.78 Å². The Morgan fingerprint density at radius 3 is 2.11 bits per heavy atom. The maximum Gasteiger partial charge on any atom is 0.573 e. The van der Waals surface area contributed by atoms with E-state index >= 15 is 0 Å². The van der Waals surface area contributed by atoms with Crippen molar-refractivity contribution in [2.24, 2.45) is 0 Å². The van der Waals surface area contributed by atoms with Crippen LogP contribution in [0.5, 0.6) is 5.75 Å². The lowest BCUT2D eigenvalue weighted by atomic mass is 10.1. The molecule has 0 unspecified atom stereocenters. The number of aryl methyl sites for hydroxylation is 1. The topological polar surface area (TPSA) is 9.23 Å². The maximum absolute atomic E-state index is 14.0. The van der Waals surface area contributed by atoms with Crippen LogP contribution in [0, 0.1) is 23.5 Å². The normalized spacial score (nSPS) is 11.2. The van der Waals surface area contributed by atoms with Crippen molar-refractivity contribution in [2.45, 2.75) is 19.7 Å². The first-order valence-corrected chi connectivity index (χ1v) is 8.04. The molecule has 1 nitrogen and oxygen atoms in total. The molecule has 0 N–H and O–H groups in total. The number of halogens is 5. The van der Waals surface area contributed by atoms with Crippen molar-refractivity contribution in [3.8, 4) is 17.6 Å². The van der Waals surface area contributed by atoms with Crippen LogP contribution >= 0.6 is 0 Å². The van der Waals surface area contributed by atoms with Crippen LogP contribution < -0.4 is 4.74 Å². The lowest BCUT2D eigenvalue weighted by Crippen LogP contribution is -2.16. The van der Waals surface area contributed by atoms with E-state index in [1.165, 1.54) is 30.3 Å². The van der Waals surface area contributed by atoms with Gasteiger partial charge >= 0.3 is 6.36 Å². The van der Waals surface area contributed by atoms with Crippen LogP contribution in [0.25, 0.3) is 10.8 Å². The fourth-order valence-electron chi connectivity index (χ4n) is 2.58. The highest BCUT2D eigenvalue weighted by atomic mass is 19.4. The third-order valence-corrected chi connectivity index (χ3v) is 3.89. The molecule has 0 aliphatic heterocycles. The van der Waals surface area contributed by atoms with Crippen molar-refractivity contribution in [2.75, 3.05) is 0 Å². The van der Waals surface area contributed by atoms with E-state index in [4.69, 9.17) is 0 Å². The zero-order valence-electron chi connectivity index (χ0n) is 14.1. The van der Waals surface area contributed by atoms with Gasteiger partial charge in [-0.2, -0.15) is 0 Å². The summed E-state index contributed by atoms with van der Waals surface area (Å²) in [5, 5.41) is 1.14. The molecule has 0 atom stereocenters. The van der Waals surface area contributed by atoms with Crippen LogP contribution in [0.3, 0.4) is 0 Å². The van der Waals surface area contributed by atoms with Crippen LogP contribution in [-0.4, -0.2) is 6.36 Å². The van der Waals surface area contributed by atoms with Gasteiger partial charge in [0.2, 0.25) is 0 Å². The molecule has 0 radical (unpaired) electrons. The Bertz CT molecular complexity index is 1030. The van der Waals surface area contributed by atoms with Gasteiger partial charge in [-0.1, -0.05) is 30.9 Å². The first kappa shape index (κ1) is 18.7. The molecule has 0 amide bonds. The molecule has 138 valence electrons. The predicted octanol–water partition coefficient (Wildman–Crippen LogP) is 5.98. The molecule has 0 aliphatic carbocycles. The SMILES string of the molecule is CCc1cc(F)c(C#Cc2ccc3cc(OC(F)(F)F)ccc3c2)c(F)c1. The molecule has 6 heteroatoms. The summed E-state index contributed by atoms with van der Waals surface area (Å²) in [6.07, 6.45) is -4.26. The molecule has 0 fully saturated rings. The average molecular weight is 376 g/mol. The van der Waals surface area contributed by atoms with Crippen molar-refractivity contribution in [3.05, 3.63) is 76.9 Å². The largest absolute Gasteiger partial charge is 0.573 e. The molecule has 0 aromatic heterocycles. The highest BCUT2D eigenvalue weighted by molar-refractivity contribution is 5.85. The number of benzene rings is 3. The molecule has 0 saturated carbocycles. The minimum atomic E-state index is -4.76. The summed E-state index contributed by atoms with van der Waals surface area (Å²) < 4.78 is 68.7. The minimum Gasteiger partial charge on any atom is -0.406 e. The Labute approximate surface area is 152 Å². The van der Waals surface area contributed by atoms with Crippen LogP contribution in [0.1, 0.15) is 23.6 Å². The van der Waals surface area contributed by atoms with Crippen LogP contribution in [0.15, 0.2) is 48.5 Å². The van der Waals surface area contributed by atoms with E-state index in [2.05, 4.69) is 16.6 Å². The number of rotatable bonds is 2. The Balaban J connectivity index is 1.91. The van der Waals surface area contributed by atoms with Gasteiger partial charge in [-0.15, -0.1) is 13.2 Å². The smallest absolute Gasteiger partial charge is 0.406 e. The molecular weight excluding hydrogens is 363 g/mol. The molecule has 3 aromatic rings. The Morgan fingerprint density at radius 1 is 0.852 bits per heavy atom. The van der Waals surface area contributed by atoms with Crippen LogP contribution in [0.2, 0.25) is 0 Å². The second-order valence-corrected chi connectivity index (χ2v) is 5.81. The van der Waals surface area contributed by atoms with Gasteiger partial charge in [-0.3, -0.25) is 0 Å². The summed E-state index contributed by atoms with van der Waals surface area (Å²) in [6.45, 7) is 1.79. The first-order chi connectivity index (χ1) is 12.7. The molecule has 0 saturated heterocycles. The molecule has 0 heterocycles. The lowest BCUT2D eigenvalue weighted by Gasteiger charge is -2.09. The fraction of sp³-hybridized carbons (Fsp3) is 0.143. The van der Waals surface area contributed by atoms with E-state index in [1.807, 2.05) is 0 Å². The summed E-state index contributed by atoms with van der Waals surface area (Å²) in [7, 11) is 0. The second kappa shape index (κ2) is 7.28. The number of hydrogen-bond donors (Lipinski definition) is 0. The van der Waals surface area contributed by atoms with E-state index in [9.17, 15) is 22.0 Å².